The Morgan fingerprint density at radius 3 is 2.89 bits per heavy atom. The van der Waals surface area contributed by atoms with Crippen LogP contribution in [0.15, 0.2) is 0 Å². The molecular weight excluding hydrogens is 244 g/mol. The number of nitrogens with one attached hydrogen (secondary N) is 1. The third-order valence-electron chi connectivity index (χ3n) is 3.29. The second-order valence-electron chi connectivity index (χ2n) is 4.70. The lowest BCUT2D eigenvalue weighted by atomic mass is 10.2. The minimum Gasteiger partial charge on any atom is -0.394 e. The molecule has 0 radical (unpaired) electrons. The van der Waals surface area contributed by atoms with Crippen molar-refractivity contribution in [3.05, 3.63) is 11.4 Å². The van der Waals surface area contributed by atoms with Crippen LogP contribution in [-0.2, 0) is 4.74 Å². The number of aromatic nitrogens is 2. The first-order valence-electron chi connectivity index (χ1n) is 6.71. The van der Waals surface area contributed by atoms with Gasteiger partial charge in [-0.1, -0.05) is 0 Å². The van der Waals surface area contributed by atoms with Crippen LogP contribution < -0.4 is 10.2 Å². The van der Waals surface area contributed by atoms with Crippen LogP contribution in [0.1, 0.15) is 18.3 Å². The van der Waals surface area contributed by atoms with Crippen LogP contribution in [0.2, 0.25) is 0 Å². The lowest BCUT2D eigenvalue weighted by molar-refractivity contribution is 0.0722. The van der Waals surface area contributed by atoms with Gasteiger partial charge in [0.2, 0.25) is 0 Å². The monoisotopic (exact) mass is 266 g/mol. The SMILES string of the molecule is CCNc1nc(C)nc(N2CCOCC2CO)c1C. The van der Waals surface area contributed by atoms with E-state index in [0.717, 1.165) is 36.1 Å². The van der Waals surface area contributed by atoms with E-state index in [0.29, 0.717) is 13.2 Å². The average Bonchev–Trinajstić information content (AvgIpc) is 2.42. The number of anilines is 2. The number of rotatable bonds is 4. The van der Waals surface area contributed by atoms with Crippen LogP contribution in [0.3, 0.4) is 0 Å². The Labute approximate surface area is 113 Å². The zero-order valence-corrected chi connectivity index (χ0v) is 11.8. The quantitative estimate of drug-likeness (QED) is 0.837. The number of ether oxygens (including phenoxy) is 1. The third-order valence-corrected chi connectivity index (χ3v) is 3.29. The van der Waals surface area contributed by atoms with Gasteiger partial charge in [0.1, 0.15) is 17.5 Å². The molecule has 6 nitrogen and oxygen atoms in total. The molecule has 0 aliphatic carbocycles. The summed E-state index contributed by atoms with van der Waals surface area (Å²) in [6.45, 7) is 8.78. The molecule has 0 aromatic carbocycles. The Hall–Kier alpha value is -1.40. The summed E-state index contributed by atoms with van der Waals surface area (Å²) in [5.74, 6) is 2.50. The minimum atomic E-state index is -0.0313. The van der Waals surface area contributed by atoms with E-state index in [4.69, 9.17) is 4.74 Å². The Bertz CT molecular complexity index is 439. The summed E-state index contributed by atoms with van der Waals surface area (Å²) in [7, 11) is 0. The van der Waals surface area contributed by atoms with Crippen LogP contribution in [-0.4, -0.2) is 54.0 Å². The standard InChI is InChI=1S/C13H22N4O2/c1-4-14-12-9(2)13(16-10(3)15-12)17-5-6-19-8-11(17)7-18/h11,18H,4-8H2,1-3H3,(H,14,15,16). The highest BCUT2D eigenvalue weighted by molar-refractivity contribution is 5.59. The molecule has 2 heterocycles. The molecule has 0 bridgehead atoms. The van der Waals surface area contributed by atoms with E-state index < -0.39 is 0 Å². The molecule has 1 aliphatic heterocycles. The molecule has 1 aromatic heterocycles. The average molecular weight is 266 g/mol. The molecule has 19 heavy (non-hydrogen) atoms. The van der Waals surface area contributed by atoms with Crippen molar-refractivity contribution in [1.82, 2.24) is 9.97 Å². The number of morpholine rings is 1. The van der Waals surface area contributed by atoms with E-state index in [1.54, 1.807) is 0 Å². The Morgan fingerprint density at radius 1 is 1.42 bits per heavy atom. The summed E-state index contributed by atoms with van der Waals surface area (Å²) in [5, 5.41) is 12.7. The summed E-state index contributed by atoms with van der Waals surface area (Å²) >= 11 is 0. The molecule has 1 unspecified atom stereocenters. The van der Waals surface area contributed by atoms with Gasteiger partial charge < -0.3 is 20.1 Å². The maximum Gasteiger partial charge on any atom is 0.137 e. The molecule has 2 rings (SSSR count). The van der Waals surface area contributed by atoms with Gasteiger partial charge in [0, 0.05) is 18.7 Å². The van der Waals surface area contributed by atoms with Crippen molar-refractivity contribution in [1.29, 1.82) is 0 Å². The smallest absolute Gasteiger partial charge is 0.137 e. The highest BCUT2D eigenvalue weighted by Crippen LogP contribution is 2.26. The predicted molar refractivity (Wildman–Crippen MR) is 74.7 cm³/mol. The number of nitrogens with zero attached hydrogens (tertiary/aromatic N) is 3. The number of hydrogen-bond donors (Lipinski definition) is 2. The van der Waals surface area contributed by atoms with Gasteiger partial charge in [-0.3, -0.25) is 0 Å². The first-order chi connectivity index (χ1) is 9.17. The molecule has 1 saturated heterocycles. The van der Waals surface area contributed by atoms with E-state index in [1.165, 1.54) is 0 Å². The lowest BCUT2D eigenvalue weighted by Crippen LogP contribution is -2.48. The minimum absolute atomic E-state index is 0.0313. The van der Waals surface area contributed by atoms with E-state index in [1.807, 2.05) is 20.8 Å². The maximum absolute atomic E-state index is 9.47. The highest BCUT2D eigenvalue weighted by atomic mass is 16.5. The Balaban J connectivity index is 2.36. The maximum atomic E-state index is 9.47. The van der Waals surface area contributed by atoms with Crippen LogP contribution in [0.5, 0.6) is 0 Å². The van der Waals surface area contributed by atoms with Crippen LogP contribution in [0.25, 0.3) is 0 Å². The molecule has 1 aliphatic rings. The summed E-state index contributed by atoms with van der Waals surface area (Å²) in [4.78, 5) is 11.1. The first kappa shape index (κ1) is 14.0. The molecule has 1 fully saturated rings. The van der Waals surface area contributed by atoms with Crippen molar-refractivity contribution in [3.8, 4) is 0 Å². The summed E-state index contributed by atoms with van der Waals surface area (Å²) in [5.41, 5.74) is 1.02. The summed E-state index contributed by atoms with van der Waals surface area (Å²) in [6.07, 6.45) is 0. The van der Waals surface area contributed by atoms with Gasteiger partial charge in [0.25, 0.3) is 0 Å². The molecular formula is C13H22N4O2. The number of aliphatic hydroxyl groups is 1. The van der Waals surface area contributed by atoms with Crippen LogP contribution in [0, 0.1) is 13.8 Å². The first-order valence-corrected chi connectivity index (χ1v) is 6.71. The zero-order chi connectivity index (χ0) is 13.8. The molecule has 1 atom stereocenters. The zero-order valence-electron chi connectivity index (χ0n) is 11.8. The number of aryl methyl sites for hydroxylation is 1. The van der Waals surface area contributed by atoms with Gasteiger partial charge in [0.05, 0.1) is 25.9 Å². The topological polar surface area (TPSA) is 70.5 Å². The molecule has 2 N–H and O–H groups in total. The van der Waals surface area contributed by atoms with Crippen molar-refractivity contribution >= 4 is 11.6 Å². The molecule has 6 heteroatoms. The van der Waals surface area contributed by atoms with Gasteiger partial charge in [-0.15, -0.1) is 0 Å². The van der Waals surface area contributed by atoms with Crippen molar-refractivity contribution < 1.29 is 9.84 Å². The van der Waals surface area contributed by atoms with Crippen molar-refractivity contribution in [3.63, 3.8) is 0 Å². The van der Waals surface area contributed by atoms with Crippen molar-refractivity contribution in [2.45, 2.75) is 26.8 Å². The van der Waals surface area contributed by atoms with E-state index in [2.05, 4.69) is 20.2 Å². The third kappa shape index (κ3) is 2.96. The van der Waals surface area contributed by atoms with E-state index in [9.17, 15) is 5.11 Å². The van der Waals surface area contributed by atoms with Gasteiger partial charge in [-0.25, -0.2) is 9.97 Å². The molecule has 106 valence electrons. The van der Waals surface area contributed by atoms with Gasteiger partial charge in [-0.2, -0.15) is 0 Å². The normalized spacial score (nSPS) is 19.6. The van der Waals surface area contributed by atoms with E-state index >= 15 is 0 Å². The Morgan fingerprint density at radius 2 is 2.21 bits per heavy atom. The van der Waals surface area contributed by atoms with Gasteiger partial charge in [-0.05, 0) is 20.8 Å². The second kappa shape index (κ2) is 6.16. The fraction of sp³-hybridized carbons (Fsp3) is 0.692. The van der Waals surface area contributed by atoms with Gasteiger partial charge in [0.15, 0.2) is 0 Å². The highest BCUT2D eigenvalue weighted by Gasteiger charge is 2.26. The second-order valence-corrected chi connectivity index (χ2v) is 4.70. The molecule has 0 saturated carbocycles. The van der Waals surface area contributed by atoms with Crippen molar-refractivity contribution in [2.24, 2.45) is 0 Å². The molecule has 1 aromatic rings. The fourth-order valence-electron chi connectivity index (χ4n) is 2.32. The lowest BCUT2D eigenvalue weighted by Gasteiger charge is -2.36. The van der Waals surface area contributed by atoms with E-state index in [-0.39, 0.29) is 12.6 Å². The summed E-state index contributed by atoms with van der Waals surface area (Å²) in [6, 6.07) is -0.0313. The predicted octanol–water partition coefficient (Wildman–Crippen LogP) is 0.723. The fourth-order valence-corrected chi connectivity index (χ4v) is 2.32. The molecule has 0 amide bonds. The Kier molecular flexibility index (Phi) is 4.55. The van der Waals surface area contributed by atoms with Crippen LogP contribution in [0.4, 0.5) is 11.6 Å². The van der Waals surface area contributed by atoms with Crippen LogP contribution >= 0.6 is 0 Å². The summed E-state index contributed by atoms with van der Waals surface area (Å²) < 4.78 is 5.41. The number of aliphatic hydroxyl groups excluding tert-OH is 1. The van der Waals surface area contributed by atoms with Crippen molar-refractivity contribution in [2.75, 3.05) is 43.1 Å². The number of hydrogen-bond acceptors (Lipinski definition) is 6. The molecule has 0 spiro atoms. The van der Waals surface area contributed by atoms with Gasteiger partial charge >= 0.3 is 0 Å². The largest absolute Gasteiger partial charge is 0.394 e.